The first kappa shape index (κ1) is 26.9. The molecule has 3 aromatic rings. The Hall–Kier alpha value is -4.73. The van der Waals surface area contributed by atoms with Gasteiger partial charge in [-0.1, -0.05) is 48.5 Å². The Labute approximate surface area is 213 Å². The summed E-state index contributed by atoms with van der Waals surface area (Å²) in [5.41, 5.74) is 6.02. The predicted molar refractivity (Wildman–Crippen MR) is 137 cm³/mol. The molecule has 3 rings (SSSR count). The molecule has 3 aromatic carbocycles. The summed E-state index contributed by atoms with van der Waals surface area (Å²) < 4.78 is 10.3. The second-order valence-electron chi connectivity index (χ2n) is 9.10. The largest absolute Gasteiger partial charge is 0.465 e. The third-order valence-corrected chi connectivity index (χ3v) is 5.30. The zero-order valence-corrected chi connectivity index (χ0v) is 20.9. The Morgan fingerprint density at radius 2 is 1.57 bits per heavy atom. The molecule has 0 spiro atoms. The van der Waals surface area contributed by atoms with E-state index in [0.717, 1.165) is 12.0 Å². The first-order chi connectivity index (χ1) is 17.4. The number of carbonyl (C=O) groups excluding carboxylic acids is 3. The monoisotopic (exact) mass is 505 g/mol. The second-order valence-corrected chi connectivity index (χ2v) is 9.10. The van der Waals surface area contributed by atoms with Gasteiger partial charge in [0.25, 0.3) is 5.69 Å². The Kier molecular flexibility index (Phi) is 7.91. The van der Waals surface area contributed by atoms with Crippen molar-refractivity contribution in [3.8, 4) is 11.1 Å². The zero-order valence-electron chi connectivity index (χ0n) is 20.9. The quantitative estimate of drug-likeness (QED) is 0.268. The van der Waals surface area contributed by atoms with Crippen molar-refractivity contribution in [2.75, 3.05) is 12.0 Å². The van der Waals surface area contributed by atoms with Crippen molar-refractivity contribution in [2.45, 2.75) is 32.9 Å². The van der Waals surface area contributed by atoms with Crippen LogP contribution < -0.4 is 10.6 Å². The number of primary amides is 1. The van der Waals surface area contributed by atoms with Crippen LogP contribution in [0.2, 0.25) is 0 Å². The maximum Gasteiger partial charge on any atom is 0.415 e. The molecule has 0 bridgehead atoms. The number of hydrogen-bond donors (Lipinski definition) is 1. The van der Waals surface area contributed by atoms with Crippen LogP contribution in [-0.4, -0.2) is 35.6 Å². The Morgan fingerprint density at radius 1 is 0.946 bits per heavy atom. The van der Waals surface area contributed by atoms with Gasteiger partial charge in [-0.3, -0.25) is 19.8 Å². The van der Waals surface area contributed by atoms with Gasteiger partial charge in [0.05, 0.1) is 24.1 Å². The van der Waals surface area contributed by atoms with Gasteiger partial charge in [0.15, 0.2) is 0 Å². The van der Waals surface area contributed by atoms with E-state index in [4.69, 9.17) is 15.2 Å². The molecule has 37 heavy (non-hydrogen) atoms. The number of nitrogens with two attached hydrogens (primary N) is 1. The molecule has 0 radical (unpaired) electrons. The van der Waals surface area contributed by atoms with Crippen LogP contribution in [0.5, 0.6) is 0 Å². The number of para-hydroxylation sites is 1. The van der Waals surface area contributed by atoms with E-state index in [-0.39, 0.29) is 17.8 Å². The van der Waals surface area contributed by atoms with E-state index in [1.807, 2.05) is 0 Å². The van der Waals surface area contributed by atoms with Gasteiger partial charge in [-0.25, -0.2) is 9.59 Å². The Bertz CT molecular complexity index is 1340. The highest BCUT2D eigenvalue weighted by Gasteiger charge is 2.33. The van der Waals surface area contributed by atoms with Crippen LogP contribution in [0.4, 0.5) is 16.2 Å². The van der Waals surface area contributed by atoms with E-state index in [2.05, 4.69) is 0 Å². The fourth-order valence-electron chi connectivity index (χ4n) is 3.71. The van der Waals surface area contributed by atoms with Gasteiger partial charge in [-0.15, -0.1) is 0 Å². The second kappa shape index (κ2) is 10.9. The molecule has 0 heterocycles. The standard InChI is InChI=1S/C27H27N3O7/c1-27(2,3)37-26(33)29(23-21(25(32)36-4)10-7-11-22(23)30(34)35)16-17-12-14-18(15-13-17)19-8-5-6-9-20(19)24(28)31/h5-15H,16H2,1-4H3,(H2,28,31). The van der Waals surface area contributed by atoms with Crippen LogP contribution in [0.3, 0.4) is 0 Å². The minimum Gasteiger partial charge on any atom is -0.465 e. The first-order valence-electron chi connectivity index (χ1n) is 11.3. The smallest absolute Gasteiger partial charge is 0.415 e. The summed E-state index contributed by atoms with van der Waals surface area (Å²) in [5, 5.41) is 11.9. The number of rotatable bonds is 7. The number of benzene rings is 3. The van der Waals surface area contributed by atoms with Crippen LogP contribution in [0.1, 0.15) is 47.1 Å². The number of nitro groups is 1. The summed E-state index contributed by atoms with van der Waals surface area (Å²) in [6, 6.07) is 17.6. The van der Waals surface area contributed by atoms with Crippen molar-refractivity contribution in [1.29, 1.82) is 0 Å². The summed E-state index contributed by atoms with van der Waals surface area (Å²) in [5.74, 6) is -1.41. The van der Waals surface area contributed by atoms with Gasteiger partial charge in [0, 0.05) is 11.6 Å². The number of ether oxygens (including phenoxy) is 2. The molecule has 0 aliphatic rings. The molecule has 0 aliphatic carbocycles. The lowest BCUT2D eigenvalue weighted by Gasteiger charge is -2.28. The van der Waals surface area contributed by atoms with Crippen molar-refractivity contribution in [3.63, 3.8) is 0 Å². The lowest BCUT2D eigenvalue weighted by atomic mass is 9.98. The molecule has 2 N–H and O–H groups in total. The number of nitrogens with zero attached hydrogens (tertiary/aromatic N) is 2. The Morgan fingerprint density at radius 3 is 2.14 bits per heavy atom. The molecule has 0 fully saturated rings. The summed E-state index contributed by atoms with van der Waals surface area (Å²) in [6.07, 6.45) is -0.880. The molecule has 0 saturated heterocycles. The minimum absolute atomic E-state index is 0.151. The lowest BCUT2D eigenvalue weighted by Crippen LogP contribution is -2.37. The highest BCUT2D eigenvalue weighted by Crippen LogP contribution is 2.35. The maximum atomic E-state index is 13.3. The number of nitro benzene ring substituents is 1. The van der Waals surface area contributed by atoms with Crippen LogP contribution in [0.25, 0.3) is 11.1 Å². The fourth-order valence-corrected chi connectivity index (χ4v) is 3.71. The first-order valence-corrected chi connectivity index (χ1v) is 11.3. The topological polar surface area (TPSA) is 142 Å². The van der Waals surface area contributed by atoms with Gasteiger partial charge in [-0.2, -0.15) is 0 Å². The molecule has 0 atom stereocenters. The van der Waals surface area contributed by atoms with Gasteiger partial charge in [0.2, 0.25) is 5.91 Å². The Balaban J connectivity index is 2.10. The minimum atomic E-state index is -0.910. The van der Waals surface area contributed by atoms with Crippen molar-refractivity contribution in [1.82, 2.24) is 0 Å². The van der Waals surface area contributed by atoms with Crippen molar-refractivity contribution < 1.29 is 28.8 Å². The van der Waals surface area contributed by atoms with Crippen molar-refractivity contribution in [3.05, 3.63) is 93.5 Å². The van der Waals surface area contributed by atoms with Crippen molar-refractivity contribution in [2.24, 2.45) is 5.73 Å². The number of carbonyl (C=O) groups is 3. The molecule has 0 unspecified atom stereocenters. The maximum absolute atomic E-state index is 13.3. The molecular weight excluding hydrogens is 478 g/mol. The van der Waals surface area contributed by atoms with Crippen LogP contribution >= 0.6 is 0 Å². The fraction of sp³-hybridized carbons (Fsp3) is 0.222. The SMILES string of the molecule is COC(=O)c1cccc([N+](=O)[O-])c1N(Cc1ccc(-c2ccccc2C(N)=O)cc1)C(=O)OC(C)(C)C. The number of esters is 1. The van der Waals surface area contributed by atoms with E-state index in [1.165, 1.54) is 18.2 Å². The highest BCUT2D eigenvalue weighted by atomic mass is 16.6. The predicted octanol–water partition coefficient (Wildman–Crippen LogP) is 5.09. The van der Waals surface area contributed by atoms with Crippen LogP contribution in [0.15, 0.2) is 66.7 Å². The highest BCUT2D eigenvalue weighted by molar-refractivity contribution is 6.03. The third-order valence-electron chi connectivity index (χ3n) is 5.30. The van der Waals surface area contributed by atoms with E-state index in [1.54, 1.807) is 69.3 Å². The lowest BCUT2D eigenvalue weighted by molar-refractivity contribution is -0.384. The van der Waals surface area contributed by atoms with Gasteiger partial charge in [0.1, 0.15) is 11.3 Å². The molecule has 0 aliphatic heterocycles. The van der Waals surface area contributed by atoms with E-state index < -0.39 is 34.2 Å². The molecule has 0 saturated carbocycles. The number of hydrogen-bond acceptors (Lipinski definition) is 7. The van der Waals surface area contributed by atoms with E-state index in [0.29, 0.717) is 22.3 Å². The molecule has 2 amide bonds. The molecular formula is C27H27N3O7. The van der Waals surface area contributed by atoms with E-state index in [9.17, 15) is 24.5 Å². The van der Waals surface area contributed by atoms with Gasteiger partial charge < -0.3 is 15.2 Å². The van der Waals surface area contributed by atoms with Crippen molar-refractivity contribution >= 4 is 29.3 Å². The van der Waals surface area contributed by atoms with Gasteiger partial charge >= 0.3 is 12.1 Å². The average molecular weight is 506 g/mol. The number of anilines is 1. The van der Waals surface area contributed by atoms with Crippen LogP contribution in [-0.2, 0) is 16.0 Å². The third kappa shape index (κ3) is 6.29. The summed E-state index contributed by atoms with van der Waals surface area (Å²) in [6.45, 7) is 4.83. The molecule has 10 nitrogen and oxygen atoms in total. The number of amides is 2. The van der Waals surface area contributed by atoms with Crippen LogP contribution in [0, 0.1) is 10.1 Å². The summed E-state index contributed by atoms with van der Waals surface area (Å²) in [4.78, 5) is 49.9. The molecule has 0 aromatic heterocycles. The summed E-state index contributed by atoms with van der Waals surface area (Å²) >= 11 is 0. The molecule has 192 valence electrons. The zero-order chi connectivity index (χ0) is 27.3. The van der Waals surface area contributed by atoms with Gasteiger partial charge in [-0.05, 0) is 49.6 Å². The number of methoxy groups -OCH3 is 1. The normalized spacial score (nSPS) is 10.9. The average Bonchev–Trinajstić information content (AvgIpc) is 2.85. The summed E-state index contributed by atoms with van der Waals surface area (Å²) in [7, 11) is 1.14. The molecule has 10 heteroatoms. The van der Waals surface area contributed by atoms with E-state index >= 15 is 0 Å².